The highest BCUT2D eigenvalue weighted by atomic mass is 79.9. The number of nitrogens with two attached hydrogens (primary N) is 2. The van der Waals surface area contributed by atoms with Crippen molar-refractivity contribution in [2.24, 2.45) is 11.5 Å². The largest absolute Gasteiger partial charge is 0.504 e. The van der Waals surface area contributed by atoms with E-state index < -0.39 is 29.8 Å². The predicted molar refractivity (Wildman–Crippen MR) is 152 cm³/mol. The van der Waals surface area contributed by atoms with Gasteiger partial charge in [-0.15, -0.1) is 0 Å². The highest BCUT2D eigenvalue weighted by molar-refractivity contribution is 9.10. The van der Waals surface area contributed by atoms with Gasteiger partial charge in [0, 0.05) is 45.4 Å². The zero-order valence-electron chi connectivity index (χ0n) is 21.2. The molecule has 0 spiro atoms. The highest BCUT2D eigenvalue weighted by Crippen LogP contribution is 2.25. The van der Waals surface area contributed by atoms with Crippen LogP contribution in [0.2, 0.25) is 0 Å². The summed E-state index contributed by atoms with van der Waals surface area (Å²) in [5.74, 6) is -3.43. The van der Waals surface area contributed by atoms with E-state index in [1.54, 1.807) is 12.3 Å². The van der Waals surface area contributed by atoms with Gasteiger partial charge in [-0.05, 0) is 48.5 Å². The predicted octanol–water partition coefficient (Wildman–Crippen LogP) is 1.65. The summed E-state index contributed by atoms with van der Waals surface area (Å²) >= 11 is 3.43. The lowest BCUT2D eigenvalue weighted by Crippen LogP contribution is -2.57. The monoisotopic (exact) mass is 609 g/mol. The van der Waals surface area contributed by atoms with Crippen LogP contribution in [0.5, 0.6) is 11.5 Å². The molecule has 0 unspecified atom stereocenters. The van der Waals surface area contributed by atoms with Crippen LogP contribution < -0.4 is 16.8 Å². The van der Waals surface area contributed by atoms with Gasteiger partial charge >= 0.3 is 0 Å². The van der Waals surface area contributed by atoms with Crippen molar-refractivity contribution in [2.45, 2.75) is 24.9 Å². The van der Waals surface area contributed by atoms with Crippen molar-refractivity contribution in [3.05, 3.63) is 82.6 Å². The van der Waals surface area contributed by atoms with Crippen molar-refractivity contribution in [1.29, 1.82) is 0 Å². The molecule has 0 saturated heterocycles. The molecule has 13 heteroatoms. The maximum atomic E-state index is 13.3. The first-order chi connectivity index (χ1) is 19.1. The maximum absolute atomic E-state index is 13.3. The number of aromatic nitrogens is 3. The van der Waals surface area contributed by atoms with Crippen molar-refractivity contribution >= 4 is 50.6 Å². The van der Waals surface area contributed by atoms with Crippen LogP contribution >= 0.6 is 15.9 Å². The Morgan fingerprint density at radius 1 is 1.02 bits per heavy atom. The van der Waals surface area contributed by atoms with Crippen LogP contribution in [0.3, 0.4) is 0 Å². The number of aromatic amines is 2. The minimum absolute atomic E-state index is 0.0149. The van der Waals surface area contributed by atoms with E-state index in [1.807, 2.05) is 24.4 Å². The third-order valence-electron chi connectivity index (χ3n) is 6.12. The molecule has 0 radical (unpaired) electrons. The minimum atomic E-state index is -1.31. The fourth-order valence-electron chi connectivity index (χ4n) is 4.08. The molecular formula is C27H28BrN7O5. The SMILES string of the molecule is N[C@@H](Cc1ccc(O)c(O)c1)C(=O)N(C(=O)CN/C=C\c1c[nH]c2cc(Br)ccc12)C(=O)[C@@H](N)Cc1cnc[nH]1. The molecular weight excluding hydrogens is 582 g/mol. The molecule has 0 aliphatic heterocycles. The lowest BCUT2D eigenvalue weighted by atomic mass is 10.0. The van der Waals surface area contributed by atoms with E-state index in [2.05, 4.69) is 36.2 Å². The Balaban J connectivity index is 1.48. The Hall–Kier alpha value is -4.46. The quantitative estimate of drug-likeness (QED) is 0.130. The molecule has 4 aromatic rings. The van der Waals surface area contributed by atoms with Gasteiger partial charge in [-0.3, -0.25) is 14.4 Å². The van der Waals surface area contributed by atoms with Crippen LogP contribution in [0.15, 0.2) is 65.8 Å². The van der Waals surface area contributed by atoms with Crippen LogP contribution in [-0.2, 0) is 27.2 Å². The number of fused-ring (bicyclic) bond motifs is 1. The number of aromatic hydroxyl groups is 2. The second-order valence-corrected chi connectivity index (χ2v) is 9.99. The van der Waals surface area contributed by atoms with Crippen molar-refractivity contribution in [3.63, 3.8) is 0 Å². The lowest BCUT2D eigenvalue weighted by molar-refractivity contribution is -0.155. The molecule has 0 fully saturated rings. The van der Waals surface area contributed by atoms with Crippen LogP contribution in [-0.4, -0.2) is 66.4 Å². The molecule has 0 saturated carbocycles. The third-order valence-corrected chi connectivity index (χ3v) is 6.62. The van der Waals surface area contributed by atoms with Gasteiger partial charge < -0.3 is 37.0 Å². The molecule has 0 aliphatic rings. The number of hydrogen-bond donors (Lipinski definition) is 7. The molecule has 40 heavy (non-hydrogen) atoms. The van der Waals surface area contributed by atoms with E-state index in [9.17, 15) is 24.6 Å². The first kappa shape index (κ1) is 28.5. The van der Waals surface area contributed by atoms with Crippen molar-refractivity contribution in [2.75, 3.05) is 6.54 Å². The Kier molecular flexibility index (Phi) is 8.99. The summed E-state index contributed by atoms with van der Waals surface area (Å²) in [5, 5.41) is 23.1. The number of phenolic OH excluding ortho intramolecular Hbond substituents is 2. The average molecular weight is 610 g/mol. The van der Waals surface area contributed by atoms with E-state index in [4.69, 9.17) is 11.5 Å². The summed E-state index contributed by atoms with van der Waals surface area (Å²) in [5.41, 5.74) is 14.9. The molecule has 208 valence electrons. The molecule has 0 bridgehead atoms. The number of imide groups is 3. The average Bonchev–Trinajstić information content (AvgIpc) is 3.58. The number of phenols is 2. The minimum Gasteiger partial charge on any atom is -0.504 e. The van der Waals surface area contributed by atoms with Gasteiger partial charge in [0.2, 0.25) is 0 Å². The number of carbonyl (C=O) groups is 3. The van der Waals surface area contributed by atoms with Gasteiger partial charge in [-0.25, -0.2) is 9.88 Å². The van der Waals surface area contributed by atoms with Gasteiger partial charge in [0.15, 0.2) is 11.5 Å². The number of nitrogens with zero attached hydrogens (tertiary/aromatic N) is 2. The Labute approximate surface area is 237 Å². The number of halogens is 1. The highest BCUT2D eigenvalue weighted by Gasteiger charge is 2.35. The summed E-state index contributed by atoms with van der Waals surface area (Å²) in [4.78, 5) is 50.1. The summed E-state index contributed by atoms with van der Waals surface area (Å²) in [6.45, 7) is -0.384. The zero-order valence-corrected chi connectivity index (χ0v) is 22.8. The molecule has 12 nitrogen and oxygen atoms in total. The van der Waals surface area contributed by atoms with Gasteiger partial charge in [-0.1, -0.05) is 28.1 Å². The van der Waals surface area contributed by atoms with E-state index >= 15 is 0 Å². The summed E-state index contributed by atoms with van der Waals surface area (Å²) < 4.78 is 0.932. The Morgan fingerprint density at radius 3 is 2.48 bits per heavy atom. The number of rotatable bonds is 10. The van der Waals surface area contributed by atoms with Crippen LogP contribution in [0, 0.1) is 0 Å². The number of nitrogens with one attached hydrogen (secondary N) is 3. The summed E-state index contributed by atoms with van der Waals surface area (Å²) in [6.07, 6.45) is 7.92. The second-order valence-electron chi connectivity index (χ2n) is 9.07. The van der Waals surface area contributed by atoms with E-state index in [0.717, 1.165) is 20.9 Å². The topological polar surface area (TPSA) is 203 Å². The number of carbonyl (C=O) groups excluding carboxylic acids is 3. The van der Waals surface area contributed by atoms with Crippen LogP contribution in [0.1, 0.15) is 16.8 Å². The van der Waals surface area contributed by atoms with Crippen molar-refractivity contribution < 1.29 is 24.6 Å². The molecule has 2 aromatic heterocycles. The molecule has 0 aliphatic carbocycles. The lowest BCUT2D eigenvalue weighted by Gasteiger charge is -2.25. The van der Waals surface area contributed by atoms with Crippen molar-refractivity contribution in [3.8, 4) is 11.5 Å². The Morgan fingerprint density at radius 2 is 1.77 bits per heavy atom. The molecule has 9 N–H and O–H groups in total. The normalized spacial score (nSPS) is 12.9. The molecule has 2 atom stereocenters. The zero-order chi connectivity index (χ0) is 28.8. The first-order valence-electron chi connectivity index (χ1n) is 12.2. The van der Waals surface area contributed by atoms with E-state index in [-0.39, 0.29) is 30.9 Å². The summed E-state index contributed by atoms with van der Waals surface area (Å²) in [7, 11) is 0. The molecule has 2 heterocycles. The Bertz CT molecular complexity index is 1550. The molecule has 3 amide bonds. The number of hydrogen-bond acceptors (Lipinski definition) is 9. The van der Waals surface area contributed by atoms with E-state index in [1.165, 1.54) is 30.7 Å². The van der Waals surface area contributed by atoms with Gasteiger partial charge in [0.05, 0.1) is 25.0 Å². The van der Waals surface area contributed by atoms with Crippen molar-refractivity contribution in [1.82, 2.24) is 25.2 Å². The van der Waals surface area contributed by atoms with E-state index in [0.29, 0.717) is 16.2 Å². The maximum Gasteiger partial charge on any atom is 0.255 e. The number of imidazole rings is 1. The smallest absolute Gasteiger partial charge is 0.255 e. The number of benzene rings is 2. The van der Waals surface area contributed by atoms with Crippen LogP contribution in [0.25, 0.3) is 17.0 Å². The number of amides is 3. The standard InChI is InChI=1S/C27H28BrN7O5/c28-17-2-3-19-16(11-33-22(19)9-17)5-6-31-13-25(38)35(27(40)21(30)10-18-12-32-14-34-18)26(39)20(29)7-15-1-4-23(36)24(37)8-15/h1-6,8-9,11-12,14,20-21,31,33,36-37H,7,10,13,29-30H2,(H,32,34)/b6-5-/t20-,21-/m0/s1. The number of H-pyrrole nitrogens is 2. The second kappa shape index (κ2) is 12.6. The third kappa shape index (κ3) is 6.75. The van der Waals surface area contributed by atoms with Crippen LogP contribution in [0.4, 0.5) is 0 Å². The first-order valence-corrected chi connectivity index (χ1v) is 13.0. The van der Waals surface area contributed by atoms with Gasteiger partial charge in [-0.2, -0.15) is 0 Å². The van der Waals surface area contributed by atoms with Gasteiger partial charge in [0.25, 0.3) is 17.7 Å². The molecule has 2 aromatic carbocycles. The fourth-order valence-corrected chi connectivity index (χ4v) is 4.44. The fraction of sp³-hybridized carbons (Fsp3) is 0.185. The van der Waals surface area contributed by atoms with Gasteiger partial charge in [0.1, 0.15) is 0 Å². The summed E-state index contributed by atoms with van der Waals surface area (Å²) in [6, 6.07) is 7.22. The molecule has 4 rings (SSSR count).